The van der Waals surface area contributed by atoms with Crippen LogP contribution in [0.5, 0.6) is 0 Å². The molecule has 0 fully saturated rings. The molecule has 3 aromatic heterocycles. The Morgan fingerprint density at radius 3 is 2.95 bits per heavy atom. The highest BCUT2D eigenvalue weighted by atomic mass is 79.9. The van der Waals surface area contributed by atoms with Crippen molar-refractivity contribution in [2.75, 3.05) is 10.5 Å². The molecule has 3 N–H and O–H groups in total. The number of aromatic nitrogens is 3. The van der Waals surface area contributed by atoms with Crippen LogP contribution in [0.15, 0.2) is 26.6 Å². The maximum Gasteiger partial charge on any atom is 0.283 e. The van der Waals surface area contributed by atoms with E-state index >= 15 is 0 Å². The molecule has 0 saturated carbocycles. The zero-order valence-corrected chi connectivity index (χ0v) is 13.1. The minimum atomic E-state index is -3.82. The van der Waals surface area contributed by atoms with Crippen LogP contribution in [0.2, 0.25) is 0 Å². The second-order valence-corrected chi connectivity index (χ2v) is 8.31. The molecular formula is C8H6BrN5O2S3. The van der Waals surface area contributed by atoms with E-state index in [0.717, 1.165) is 3.79 Å². The molecule has 0 aliphatic rings. The molecule has 0 radical (unpaired) electrons. The van der Waals surface area contributed by atoms with E-state index in [1.807, 2.05) is 0 Å². The first-order valence-electron chi connectivity index (χ1n) is 4.82. The number of hydrogen-bond acceptors (Lipinski definition) is 7. The zero-order valence-electron chi connectivity index (χ0n) is 9.07. The Kier molecular flexibility index (Phi) is 3.00. The van der Waals surface area contributed by atoms with Crippen LogP contribution in [-0.2, 0) is 10.0 Å². The number of fused-ring (bicyclic) bond motifs is 1. The van der Waals surface area contributed by atoms with E-state index in [-0.39, 0.29) is 16.0 Å². The van der Waals surface area contributed by atoms with Crippen LogP contribution in [0.3, 0.4) is 0 Å². The fourth-order valence-corrected chi connectivity index (χ4v) is 4.85. The van der Waals surface area contributed by atoms with Crippen molar-refractivity contribution in [1.82, 2.24) is 14.4 Å². The number of imidazole rings is 1. The van der Waals surface area contributed by atoms with E-state index in [0.29, 0.717) is 4.96 Å². The number of nitrogens with one attached hydrogen (secondary N) is 1. The van der Waals surface area contributed by atoms with Crippen molar-refractivity contribution in [1.29, 1.82) is 0 Å². The number of nitrogen functional groups attached to an aromatic ring is 1. The summed E-state index contributed by atoms with van der Waals surface area (Å²) in [6, 6.07) is 0. The van der Waals surface area contributed by atoms with Gasteiger partial charge < -0.3 is 5.73 Å². The third-order valence-electron chi connectivity index (χ3n) is 2.20. The minimum Gasteiger partial charge on any atom is -0.381 e. The summed E-state index contributed by atoms with van der Waals surface area (Å²) >= 11 is 5.70. The summed E-state index contributed by atoms with van der Waals surface area (Å²) in [5, 5.41) is 1.92. The lowest BCUT2D eigenvalue weighted by Crippen LogP contribution is -2.16. The first-order chi connectivity index (χ1) is 8.97. The number of thiazole rings is 2. The van der Waals surface area contributed by atoms with Gasteiger partial charge in [0.05, 0.1) is 9.98 Å². The molecule has 3 rings (SSSR count). The number of nitrogens with zero attached hydrogens (tertiary/aromatic N) is 3. The molecule has 7 nitrogen and oxygen atoms in total. The highest BCUT2D eigenvalue weighted by Crippen LogP contribution is 2.28. The second-order valence-electron chi connectivity index (χ2n) is 3.43. The summed E-state index contributed by atoms with van der Waals surface area (Å²) in [4.78, 5) is 8.45. The lowest BCUT2D eigenvalue weighted by atomic mass is 10.8. The Morgan fingerprint density at radius 1 is 1.47 bits per heavy atom. The molecule has 0 atom stereocenters. The standard InChI is InChI=1S/C8H6BrN5O2S3/c9-4-3-11-7(18-4)13-19(15,16)6-5(10)12-8-14(6)1-2-17-8/h1-3H,10H2,(H,11,13). The van der Waals surface area contributed by atoms with Crippen LogP contribution in [0.4, 0.5) is 10.9 Å². The molecule has 0 spiro atoms. The van der Waals surface area contributed by atoms with Gasteiger partial charge in [-0.1, -0.05) is 11.3 Å². The molecule has 3 aromatic rings. The number of rotatable bonds is 3. The maximum absolute atomic E-state index is 12.3. The molecule has 19 heavy (non-hydrogen) atoms. The Hall–Kier alpha value is -1.17. The summed E-state index contributed by atoms with van der Waals surface area (Å²) in [5.74, 6) is -0.0324. The summed E-state index contributed by atoms with van der Waals surface area (Å²) in [7, 11) is -3.82. The largest absolute Gasteiger partial charge is 0.381 e. The van der Waals surface area contributed by atoms with Crippen molar-refractivity contribution >= 4 is 64.5 Å². The van der Waals surface area contributed by atoms with Crippen molar-refractivity contribution < 1.29 is 8.42 Å². The molecule has 3 heterocycles. The van der Waals surface area contributed by atoms with Gasteiger partial charge in [0.15, 0.2) is 15.9 Å². The van der Waals surface area contributed by atoms with Crippen molar-refractivity contribution in [2.24, 2.45) is 0 Å². The Bertz CT molecular complexity index is 849. The smallest absolute Gasteiger partial charge is 0.283 e. The molecule has 0 aromatic carbocycles. The topological polar surface area (TPSA) is 102 Å². The van der Waals surface area contributed by atoms with Crippen LogP contribution < -0.4 is 10.5 Å². The Labute approximate surface area is 124 Å². The van der Waals surface area contributed by atoms with Gasteiger partial charge in [0.1, 0.15) is 0 Å². The molecule has 0 amide bonds. The SMILES string of the molecule is Nc1nc2sccn2c1S(=O)(=O)Nc1ncc(Br)s1. The molecule has 0 unspecified atom stereocenters. The fraction of sp³-hybridized carbons (Fsp3) is 0. The number of hydrogen-bond donors (Lipinski definition) is 2. The van der Waals surface area contributed by atoms with E-state index in [4.69, 9.17) is 5.73 Å². The number of nitrogens with two attached hydrogens (primary N) is 1. The first-order valence-corrected chi connectivity index (χ1v) is 8.80. The highest BCUT2D eigenvalue weighted by molar-refractivity contribution is 9.11. The lowest BCUT2D eigenvalue weighted by Gasteiger charge is -2.04. The normalized spacial score (nSPS) is 12.1. The predicted molar refractivity (Wildman–Crippen MR) is 78.1 cm³/mol. The molecule has 0 aliphatic heterocycles. The van der Waals surface area contributed by atoms with Crippen molar-refractivity contribution in [3.05, 3.63) is 21.6 Å². The van der Waals surface area contributed by atoms with E-state index < -0.39 is 10.0 Å². The van der Waals surface area contributed by atoms with Gasteiger partial charge in [-0.25, -0.2) is 9.97 Å². The molecule has 0 aliphatic carbocycles. The number of anilines is 2. The van der Waals surface area contributed by atoms with Crippen LogP contribution in [0.1, 0.15) is 0 Å². The maximum atomic E-state index is 12.3. The second kappa shape index (κ2) is 4.44. The summed E-state index contributed by atoms with van der Waals surface area (Å²) in [5.41, 5.74) is 5.67. The van der Waals surface area contributed by atoms with Crippen molar-refractivity contribution in [2.45, 2.75) is 5.03 Å². The lowest BCUT2D eigenvalue weighted by molar-refractivity contribution is 0.597. The molecule has 100 valence electrons. The summed E-state index contributed by atoms with van der Waals surface area (Å²) < 4.78 is 29.2. The van der Waals surface area contributed by atoms with Crippen LogP contribution in [0, 0.1) is 0 Å². The molecule has 11 heteroatoms. The van der Waals surface area contributed by atoms with Crippen LogP contribution in [0.25, 0.3) is 4.96 Å². The van der Waals surface area contributed by atoms with Gasteiger partial charge in [-0.3, -0.25) is 9.12 Å². The van der Waals surface area contributed by atoms with Gasteiger partial charge in [-0.05, 0) is 15.9 Å². The molecule has 0 saturated heterocycles. The van der Waals surface area contributed by atoms with Crippen LogP contribution in [-0.4, -0.2) is 22.8 Å². The van der Waals surface area contributed by atoms with Gasteiger partial charge in [0.25, 0.3) is 10.0 Å². The average Bonchev–Trinajstić information content (AvgIpc) is 2.93. The van der Waals surface area contributed by atoms with Crippen LogP contribution >= 0.6 is 38.6 Å². The summed E-state index contributed by atoms with van der Waals surface area (Å²) in [6.45, 7) is 0. The fourth-order valence-electron chi connectivity index (χ4n) is 1.51. The van der Waals surface area contributed by atoms with E-state index in [1.165, 1.54) is 33.3 Å². The van der Waals surface area contributed by atoms with Gasteiger partial charge in [-0.15, -0.1) is 11.3 Å². The third kappa shape index (κ3) is 2.22. The quantitative estimate of drug-likeness (QED) is 0.724. The Morgan fingerprint density at radius 2 is 2.26 bits per heavy atom. The van der Waals surface area contributed by atoms with E-state index in [9.17, 15) is 8.42 Å². The van der Waals surface area contributed by atoms with Gasteiger partial charge in [-0.2, -0.15) is 8.42 Å². The summed E-state index contributed by atoms with van der Waals surface area (Å²) in [6.07, 6.45) is 3.12. The average molecular weight is 380 g/mol. The third-order valence-corrected chi connectivity index (χ3v) is 5.85. The van der Waals surface area contributed by atoms with Crippen molar-refractivity contribution in [3.8, 4) is 0 Å². The Balaban J connectivity index is 2.09. The predicted octanol–water partition coefficient (Wildman–Crippen LogP) is 2.00. The van der Waals surface area contributed by atoms with E-state index in [2.05, 4.69) is 30.6 Å². The molecule has 0 bridgehead atoms. The highest BCUT2D eigenvalue weighted by Gasteiger charge is 2.25. The number of sulfonamides is 1. The van der Waals surface area contributed by atoms with Gasteiger partial charge in [0.2, 0.25) is 5.03 Å². The monoisotopic (exact) mass is 379 g/mol. The number of halogens is 1. The van der Waals surface area contributed by atoms with E-state index in [1.54, 1.807) is 11.6 Å². The molecular weight excluding hydrogens is 374 g/mol. The van der Waals surface area contributed by atoms with Gasteiger partial charge in [0, 0.05) is 11.6 Å². The van der Waals surface area contributed by atoms with Crippen molar-refractivity contribution in [3.63, 3.8) is 0 Å². The first kappa shape index (κ1) is 12.8. The van der Waals surface area contributed by atoms with Gasteiger partial charge >= 0.3 is 0 Å². The minimum absolute atomic E-state index is 0.0324. The zero-order chi connectivity index (χ0) is 13.6.